The van der Waals surface area contributed by atoms with E-state index in [1.54, 1.807) is 0 Å². The van der Waals surface area contributed by atoms with Gasteiger partial charge in [0.15, 0.2) is 0 Å². The first-order valence-electron chi connectivity index (χ1n) is 9.72. The minimum Gasteiger partial charge on any atom is -0.0620 e. The van der Waals surface area contributed by atoms with Gasteiger partial charge < -0.3 is 0 Å². The largest absolute Gasteiger partial charge is 0.0620 e. The first-order valence-corrected chi connectivity index (χ1v) is 9.72. The first-order chi connectivity index (χ1) is 13.4. The molecular weight excluding hydrogens is 324 g/mol. The Morgan fingerprint density at radius 3 is 1.04 bits per heavy atom. The third-order valence-electron chi connectivity index (χ3n) is 5.69. The summed E-state index contributed by atoms with van der Waals surface area (Å²) >= 11 is 0. The summed E-state index contributed by atoms with van der Waals surface area (Å²) in [5.41, 5.74) is 11.6. The molecule has 0 heterocycles. The van der Waals surface area contributed by atoms with Crippen molar-refractivity contribution in [3.8, 4) is 22.3 Å². The van der Waals surface area contributed by atoms with Crippen LogP contribution in [0.4, 0.5) is 0 Å². The quantitative estimate of drug-likeness (QED) is 0.292. The molecule has 4 aromatic carbocycles. The van der Waals surface area contributed by atoms with Gasteiger partial charge in [-0.05, 0) is 63.8 Å². The predicted octanol–water partition coefficient (Wildman–Crippen LogP) is 6.71. The van der Waals surface area contributed by atoms with Crippen molar-refractivity contribution in [3.63, 3.8) is 0 Å². The molecule has 130 valence electrons. The molecule has 0 unspecified atom stereocenters. The van der Waals surface area contributed by atoms with Gasteiger partial charge >= 0.3 is 0 Å². The molecule has 0 aliphatic heterocycles. The molecule has 0 atom stereocenters. The van der Waals surface area contributed by atoms with E-state index in [9.17, 15) is 0 Å². The molecular formula is C27H22. The zero-order valence-electron chi connectivity index (χ0n) is 15.4. The summed E-state index contributed by atoms with van der Waals surface area (Å²) < 4.78 is 0. The summed E-state index contributed by atoms with van der Waals surface area (Å²) in [5, 5.41) is 0. The second-order valence-electron chi connectivity index (χ2n) is 7.31. The summed E-state index contributed by atoms with van der Waals surface area (Å²) in [6.07, 6.45) is 3.48. The maximum atomic E-state index is 2.24. The fourth-order valence-electron chi connectivity index (χ4n) is 4.35. The predicted molar refractivity (Wildman–Crippen MR) is 114 cm³/mol. The Kier molecular flexibility index (Phi) is 4.10. The van der Waals surface area contributed by atoms with Crippen LogP contribution in [0.5, 0.6) is 0 Å². The van der Waals surface area contributed by atoms with Crippen LogP contribution in [0.1, 0.15) is 22.3 Å². The average molecular weight is 346 g/mol. The molecule has 0 N–H and O–H groups in total. The fraction of sp³-hybridized carbons (Fsp3) is 0.111. The summed E-state index contributed by atoms with van der Waals surface area (Å²) in [7, 11) is 0. The molecule has 0 heteroatoms. The van der Waals surface area contributed by atoms with Crippen LogP contribution < -0.4 is 0 Å². The van der Waals surface area contributed by atoms with E-state index in [1.165, 1.54) is 57.3 Å². The molecule has 0 fully saturated rings. The lowest BCUT2D eigenvalue weighted by Gasteiger charge is -2.19. The van der Waals surface area contributed by atoms with E-state index in [2.05, 4.69) is 97.1 Å². The van der Waals surface area contributed by atoms with Crippen LogP contribution in [0, 0.1) is 0 Å². The maximum Gasteiger partial charge on any atom is -0.00135 e. The highest BCUT2D eigenvalue weighted by atomic mass is 14.2. The van der Waals surface area contributed by atoms with E-state index in [4.69, 9.17) is 0 Å². The molecule has 4 aromatic rings. The highest BCUT2D eigenvalue weighted by Gasteiger charge is 2.16. The minimum absolute atomic E-state index is 1.10. The molecule has 0 radical (unpaired) electrons. The van der Waals surface area contributed by atoms with Crippen LogP contribution in [-0.4, -0.2) is 0 Å². The van der Waals surface area contributed by atoms with Crippen LogP contribution in [0.15, 0.2) is 97.1 Å². The van der Waals surface area contributed by atoms with Crippen molar-refractivity contribution in [2.24, 2.45) is 0 Å². The lowest BCUT2D eigenvalue weighted by molar-refractivity contribution is 0.942. The minimum atomic E-state index is 1.10. The van der Waals surface area contributed by atoms with Crippen molar-refractivity contribution in [1.29, 1.82) is 0 Å². The van der Waals surface area contributed by atoms with Crippen molar-refractivity contribution in [3.05, 3.63) is 119 Å². The Morgan fingerprint density at radius 1 is 0.333 bits per heavy atom. The zero-order chi connectivity index (χ0) is 18.1. The molecule has 0 saturated heterocycles. The van der Waals surface area contributed by atoms with Gasteiger partial charge in [-0.2, -0.15) is 0 Å². The van der Waals surface area contributed by atoms with Crippen LogP contribution >= 0.6 is 0 Å². The Bertz CT molecular complexity index is 1020. The standard InChI is InChI=1S/C14H12.C13H10/c1-3-7-13-11(5-1)9-10-12-6-2-4-8-14(12)13;1-3-7-12-10(5-1)9-11-6-2-4-8-13(11)12/h1-8H,9-10H2;1-8H,9H2. The number of hydrogen-bond donors (Lipinski definition) is 0. The molecule has 0 saturated carbocycles. The van der Waals surface area contributed by atoms with Gasteiger partial charge in [0, 0.05) is 0 Å². The third-order valence-corrected chi connectivity index (χ3v) is 5.69. The number of hydrogen-bond acceptors (Lipinski definition) is 0. The molecule has 0 amide bonds. The SMILES string of the molecule is c1ccc2c(c1)CCc1ccccc1-2.c1ccc2c(c1)Cc1ccccc1-2. The summed E-state index contributed by atoms with van der Waals surface area (Å²) in [6, 6.07) is 34.8. The second kappa shape index (κ2) is 6.89. The normalized spacial score (nSPS) is 12.7. The van der Waals surface area contributed by atoms with E-state index < -0.39 is 0 Å². The lowest BCUT2D eigenvalue weighted by Crippen LogP contribution is -2.02. The molecule has 0 aromatic heterocycles. The third kappa shape index (κ3) is 2.98. The van der Waals surface area contributed by atoms with Gasteiger partial charge in [-0.1, -0.05) is 97.1 Å². The van der Waals surface area contributed by atoms with E-state index in [0.717, 1.165) is 6.42 Å². The zero-order valence-corrected chi connectivity index (χ0v) is 15.4. The topological polar surface area (TPSA) is 0 Å². The van der Waals surface area contributed by atoms with Crippen molar-refractivity contribution < 1.29 is 0 Å². The molecule has 0 nitrogen and oxygen atoms in total. The van der Waals surface area contributed by atoms with Gasteiger partial charge in [-0.15, -0.1) is 0 Å². The average Bonchev–Trinajstić information content (AvgIpc) is 3.13. The van der Waals surface area contributed by atoms with Gasteiger partial charge in [-0.25, -0.2) is 0 Å². The monoisotopic (exact) mass is 346 g/mol. The molecule has 0 bridgehead atoms. The van der Waals surface area contributed by atoms with Gasteiger partial charge in [0.25, 0.3) is 0 Å². The van der Waals surface area contributed by atoms with Gasteiger partial charge in [0.1, 0.15) is 0 Å². The first kappa shape index (κ1) is 16.1. The highest BCUT2D eigenvalue weighted by Crippen LogP contribution is 2.35. The van der Waals surface area contributed by atoms with Crippen molar-refractivity contribution in [1.82, 2.24) is 0 Å². The molecule has 2 aliphatic carbocycles. The number of aryl methyl sites for hydroxylation is 2. The summed E-state index contributed by atoms with van der Waals surface area (Å²) in [5.74, 6) is 0. The van der Waals surface area contributed by atoms with Crippen LogP contribution in [0.3, 0.4) is 0 Å². The molecule has 6 rings (SSSR count). The van der Waals surface area contributed by atoms with Crippen LogP contribution in [0.25, 0.3) is 22.3 Å². The smallest absolute Gasteiger partial charge is 0.00135 e. The molecule has 27 heavy (non-hydrogen) atoms. The van der Waals surface area contributed by atoms with E-state index in [-0.39, 0.29) is 0 Å². The number of rotatable bonds is 0. The van der Waals surface area contributed by atoms with E-state index in [0.29, 0.717) is 0 Å². The maximum absolute atomic E-state index is 2.24. The van der Waals surface area contributed by atoms with Gasteiger partial charge in [0.05, 0.1) is 0 Å². The fourth-order valence-corrected chi connectivity index (χ4v) is 4.35. The van der Waals surface area contributed by atoms with Crippen LogP contribution in [-0.2, 0) is 19.3 Å². The number of benzene rings is 4. The Morgan fingerprint density at radius 2 is 0.630 bits per heavy atom. The Balaban J connectivity index is 0.000000119. The molecule has 0 spiro atoms. The Labute approximate surface area is 161 Å². The number of fused-ring (bicyclic) bond motifs is 6. The van der Waals surface area contributed by atoms with E-state index in [1.807, 2.05) is 0 Å². The highest BCUT2D eigenvalue weighted by molar-refractivity contribution is 5.76. The van der Waals surface area contributed by atoms with Crippen molar-refractivity contribution >= 4 is 0 Å². The van der Waals surface area contributed by atoms with E-state index >= 15 is 0 Å². The lowest BCUT2D eigenvalue weighted by atomic mass is 9.86. The molecule has 2 aliphatic rings. The summed E-state index contributed by atoms with van der Waals surface area (Å²) in [6.45, 7) is 0. The second-order valence-corrected chi connectivity index (χ2v) is 7.31. The van der Waals surface area contributed by atoms with Gasteiger partial charge in [0.2, 0.25) is 0 Å². The van der Waals surface area contributed by atoms with Crippen LogP contribution in [0.2, 0.25) is 0 Å². The Hall–Kier alpha value is -3.12. The van der Waals surface area contributed by atoms with Gasteiger partial charge in [-0.3, -0.25) is 0 Å². The van der Waals surface area contributed by atoms with Crippen molar-refractivity contribution in [2.45, 2.75) is 19.3 Å². The van der Waals surface area contributed by atoms with Crippen molar-refractivity contribution in [2.75, 3.05) is 0 Å². The summed E-state index contributed by atoms with van der Waals surface area (Å²) in [4.78, 5) is 0.